The second-order valence-corrected chi connectivity index (χ2v) is 26.9. The van der Waals surface area contributed by atoms with E-state index < -0.39 is 29.2 Å². The molecule has 1 saturated carbocycles. The van der Waals surface area contributed by atoms with Crippen LogP contribution in [-0.2, 0) is 31.7 Å². The average Bonchev–Trinajstić information content (AvgIpc) is 3.54. The van der Waals surface area contributed by atoms with Gasteiger partial charge in [-0.25, -0.2) is 0 Å². The summed E-state index contributed by atoms with van der Waals surface area (Å²) in [7, 11) is 7.73. The standard InChI is InChI=1S/C41H66NOSSi.CH3.2ClH.Zr/c1-15-16-20-34(42-38-30(26(2)3)18-17-19-31(38)27(4)5)37-33(41(10,11)12)24-29(40(7,8)9)25-35(37)43-45(13,14)39-28(6)23-36-32(39)21-22-44-36;;;;/h17-19,24-28,32,34,36,39H,15-16,20-23H2,1-14H3;1H3;2*1H;/q2*-1;;;+4/p-2. The van der Waals surface area contributed by atoms with Gasteiger partial charge < -0.3 is 17.2 Å². The summed E-state index contributed by atoms with van der Waals surface area (Å²) >= 11 is 1.41. The summed E-state index contributed by atoms with van der Waals surface area (Å²) in [6.45, 7) is 33.4. The van der Waals surface area contributed by atoms with Crippen LogP contribution in [0.25, 0.3) is 5.32 Å². The van der Waals surface area contributed by atoms with Gasteiger partial charge in [-0.15, -0.1) is 5.69 Å². The van der Waals surface area contributed by atoms with Gasteiger partial charge in [-0.05, 0) is 94.5 Å². The molecule has 0 N–H and O–H groups in total. The van der Waals surface area contributed by atoms with Crippen LogP contribution in [0, 0.1) is 19.3 Å². The van der Waals surface area contributed by atoms with E-state index in [0.717, 1.165) is 42.1 Å². The SMILES string of the molecule is CCCCC([N-]c1c(C(C)C)cccc1C(C)C)c1c(O[Si](C)(C)C2C(C)CC3SCCC32)cc(C(C)(C)C)cc1C(C)(C)C.[CH3-].[Cl][Zr+2][Cl]. The molecule has 1 aliphatic heterocycles. The zero-order valence-electron chi connectivity index (χ0n) is 33.7. The number of thioether (sulfide) groups is 1. The molecule has 0 aromatic heterocycles. The van der Waals surface area contributed by atoms with Gasteiger partial charge in [-0.2, -0.15) is 11.8 Å². The first-order valence-electron chi connectivity index (χ1n) is 18.6. The van der Waals surface area contributed by atoms with Crippen molar-refractivity contribution < 1.29 is 25.3 Å². The number of nitrogens with zero attached hydrogens (tertiary/aromatic N) is 1. The van der Waals surface area contributed by atoms with E-state index in [1.165, 1.54) is 52.1 Å². The summed E-state index contributed by atoms with van der Waals surface area (Å²) in [4.78, 5) is 0. The zero-order chi connectivity index (χ0) is 36.2. The molecule has 2 aromatic carbocycles. The monoisotopic (exact) mass is 823 g/mol. The molecule has 4 rings (SSSR count). The fourth-order valence-corrected chi connectivity index (χ4v) is 14.1. The van der Waals surface area contributed by atoms with E-state index in [2.05, 4.69) is 138 Å². The fraction of sp³-hybridized carbons (Fsp3) is 0.690. The first kappa shape index (κ1) is 45.2. The van der Waals surface area contributed by atoms with Crippen molar-refractivity contribution in [2.75, 3.05) is 5.75 Å². The minimum absolute atomic E-state index is 0. The predicted molar refractivity (Wildman–Crippen MR) is 222 cm³/mol. The summed E-state index contributed by atoms with van der Waals surface area (Å²) in [6.07, 6.45) is 6.08. The van der Waals surface area contributed by atoms with Gasteiger partial charge in [0.1, 0.15) is 5.75 Å². The molecule has 1 saturated heterocycles. The van der Waals surface area contributed by atoms with Gasteiger partial charge in [0, 0.05) is 5.25 Å². The van der Waals surface area contributed by atoms with E-state index in [1.807, 2.05) is 0 Å². The quantitative estimate of drug-likeness (QED) is 0.166. The maximum atomic E-state index is 7.69. The number of para-hydroxylation sites is 1. The molecular weight excluding hydrogens is 757 g/mol. The molecule has 0 spiro atoms. The van der Waals surface area contributed by atoms with Crippen LogP contribution in [0.3, 0.4) is 0 Å². The van der Waals surface area contributed by atoms with Crippen LogP contribution in [0.4, 0.5) is 5.69 Å². The van der Waals surface area contributed by atoms with Crippen LogP contribution < -0.4 is 4.43 Å². The normalized spacial score (nSPS) is 21.4. The summed E-state index contributed by atoms with van der Waals surface area (Å²) in [6, 6.07) is 11.9. The van der Waals surface area contributed by atoms with E-state index in [4.69, 9.17) is 26.8 Å². The molecule has 2 fully saturated rings. The molecular formula is C42H69Cl2NOSSiZr. The topological polar surface area (TPSA) is 23.3 Å². The Bertz CT molecular complexity index is 1310. The molecule has 5 atom stereocenters. The Labute approximate surface area is 327 Å². The number of benzene rings is 2. The Kier molecular flexibility index (Phi) is 17.4. The molecule has 0 amide bonds. The van der Waals surface area contributed by atoms with Crippen LogP contribution in [0.2, 0.25) is 18.6 Å². The molecule has 2 aliphatic rings. The number of unbranched alkanes of at least 4 members (excludes halogenated alkanes) is 1. The van der Waals surface area contributed by atoms with E-state index >= 15 is 0 Å². The number of hydrogen-bond acceptors (Lipinski definition) is 2. The van der Waals surface area contributed by atoms with Crippen LogP contribution in [0.15, 0.2) is 30.3 Å². The van der Waals surface area contributed by atoms with Crippen molar-refractivity contribution in [1.29, 1.82) is 0 Å². The van der Waals surface area contributed by atoms with Gasteiger partial charge >= 0.3 is 37.9 Å². The Hall–Kier alpha value is 0.0700. The van der Waals surface area contributed by atoms with Crippen molar-refractivity contribution in [2.24, 2.45) is 11.8 Å². The first-order chi connectivity index (χ1) is 22.3. The molecule has 0 bridgehead atoms. The van der Waals surface area contributed by atoms with Crippen LogP contribution in [0.5, 0.6) is 5.75 Å². The molecule has 7 heteroatoms. The van der Waals surface area contributed by atoms with Gasteiger partial charge in [0.25, 0.3) is 0 Å². The van der Waals surface area contributed by atoms with Crippen molar-refractivity contribution in [1.82, 2.24) is 0 Å². The van der Waals surface area contributed by atoms with Gasteiger partial charge in [0.15, 0.2) is 0 Å². The molecule has 1 heterocycles. The van der Waals surface area contributed by atoms with Gasteiger partial charge in [0.2, 0.25) is 8.32 Å². The number of rotatable bonds is 11. The van der Waals surface area contributed by atoms with Gasteiger partial charge in [-0.1, -0.05) is 144 Å². The molecule has 5 unspecified atom stereocenters. The Morgan fingerprint density at radius 1 is 0.980 bits per heavy atom. The first-order valence-corrected chi connectivity index (χ1v) is 28.9. The van der Waals surface area contributed by atoms with Crippen LogP contribution in [-0.4, -0.2) is 19.3 Å². The fourth-order valence-electron chi connectivity index (χ4n) is 8.40. The van der Waals surface area contributed by atoms with E-state index in [1.54, 1.807) is 0 Å². The molecule has 2 nitrogen and oxygen atoms in total. The molecule has 276 valence electrons. The zero-order valence-corrected chi connectivity index (χ0v) is 39.5. The van der Waals surface area contributed by atoms with Crippen molar-refractivity contribution in [3.8, 4) is 5.75 Å². The number of hydrogen-bond donors (Lipinski definition) is 0. The van der Waals surface area contributed by atoms with E-state index in [-0.39, 0.29) is 24.3 Å². The minimum atomic E-state index is -2.14. The second-order valence-electron chi connectivity index (χ2n) is 17.7. The van der Waals surface area contributed by atoms with Crippen molar-refractivity contribution in [3.05, 3.63) is 70.9 Å². The summed E-state index contributed by atoms with van der Waals surface area (Å²) in [5, 5.41) is 6.70. The number of halogens is 2. The van der Waals surface area contributed by atoms with Gasteiger partial charge in [0.05, 0.1) is 0 Å². The van der Waals surface area contributed by atoms with Crippen molar-refractivity contribution in [3.63, 3.8) is 0 Å². The van der Waals surface area contributed by atoms with Gasteiger partial charge in [-0.3, -0.25) is 0 Å². The van der Waals surface area contributed by atoms with Crippen LogP contribution >= 0.6 is 28.8 Å². The summed E-state index contributed by atoms with van der Waals surface area (Å²) < 4.78 is 7.69. The predicted octanol–water partition coefficient (Wildman–Crippen LogP) is 15.4. The molecule has 2 aromatic rings. The molecule has 1 aliphatic carbocycles. The Morgan fingerprint density at radius 2 is 1.55 bits per heavy atom. The molecule has 0 radical (unpaired) electrons. The van der Waals surface area contributed by atoms with Crippen molar-refractivity contribution in [2.45, 2.75) is 168 Å². The molecule has 49 heavy (non-hydrogen) atoms. The Morgan fingerprint density at radius 3 is 2.04 bits per heavy atom. The Balaban J connectivity index is 0.00000201. The number of fused-ring (bicyclic) bond motifs is 1. The van der Waals surface area contributed by atoms with E-state index in [0.29, 0.717) is 17.4 Å². The average molecular weight is 826 g/mol. The third-order valence-corrected chi connectivity index (χ3v) is 15.5. The summed E-state index contributed by atoms with van der Waals surface area (Å²) in [5.41, 5.74) is 8.81. The van der Waals surface area contributed by atoms with Crippen LogP contribution in [0.1, 0.15) is 161 Å². The second kappa shape index (κ2) is 18.9. The third kappa shape index (κ3) is 11.3. The van der Waals surface area contributed by atoms with E-state index in [9.17, 15) is 0 Å². The third-order valence-electron chi connectivity index (χ3n) is 10.7. The maximum absolute atomic E-state index is 7.69. The van der Waals surface area contributed by atoms with Crippen molar-refractivity contribution >= 4 is 42.8 Å². The summed E-state index contributed by atoms with van der Waals surface area (Å²) in [5.74, 6) is 4.86.